The quantitative estimate of drug-likeness (QED) is 0.289. The molecule has 119 valence electrons. The first-order valence-electron chi connectivity index (χ1n) is 9.17. The van der Waals surface area contributed by atoms with Crippen LogP contribution in [0.15, 0.2) is 0 Å². The Morgan fingerprint density at radius 1 is 0.650 bits per heavy atom. The van der Waals surface area contributed by atoms with Crippen molar-refractivity contribution in [2.45, 2.75) is 110 Å². The van der Waals surface area contributed by atoms with Crippen LogP contribution in [0.5, 0.6) is 0 Å². The minimum Gasteiger partial charge on any atom is -0.299 e. The molecule has 0 aliphatic heterocycles. The molecular weight excluding hydrogens is 244 g/mol. The molecule has 1 nitrogen and oxygen atoms in total. The highest BCUT2D eigenvalue weighted by molar-refractivity contribution is 5.86. The molecule has 0 rings (SSSR count). The van der Waals surface area contributed by atoms with Gasteiger partial charge in [0.05, 0.1) is 0 Å². The SMILES string of the molecule is CC[CH]C(=O)CCCCCCCCCCCCCCC. The first-order chi connectivity index (χ1) is 9.81. The Morgan fingerprint density at radius 3 is 1.45 bits per heavy atom. The largest absolute Gasteiger partial charge is 0.299 e. The molecule has 0 heterocycles. The smallest absolute Gasteiger partial charge is 0.136 e. The van der Waals surface area contributed by atoms with Gasteiger partial charge in [-0.1, -0.05) is 90.9 Å². The second-order valence-electron chi connectivity index (χ2n) is 6.07. The van der Waals surface area contributed by atoms with E-state index in [1.54, 1.807) is 0 Å². The van der Waals surface area contributed by atoms with Crippen LogP contribution in [0.3, 0.4) is 0 Å². The van der Waals surface area contributed by atoms with Gasteiger partial charge in [-0.15, -0.1) is 0 Å². The van der Waals surface area contributed by atoms with Crippen LogP contribution in [-0.4, -0.2) is 5.78 Å². The van der Waals surface area contributed by atoms with Gasteiger partial charge in [0.2, 0.25) is 0 Å². The highest BCUT2D eigenvalue weighted by Gasteiger charge is 2.00. The third-order valence-corrected chi connectivity index (χ3v) is 3.96. The summed E-state index contributed by atoms with van der Waals surface area (Å²) in [6.07, 6.45) is 21.2. The van der Waals surface area contributed by atoms with Gasteiger partial charge in [-0.25, -0.2) is 0 Å². The molecule has 0 fully saturated rings. The molecule has 1 radical (unpaired) electrons. The van der Waals surface area contributed by atoms with Crippen molar-refractivity contribution in [2.75, 3.05) is 0 Å². The molecule has 0 bridgehead atoms. The summed E-state index contributed by atoms with van der Waals surface area (Å²) < 4.78 is 0. The summed E-state index contributed by atoms with van der Waals surface area (Å²) in [6, 6.07) is 0. The van der Waals surface area contributed by atoms with Gasteiger partial charge in [-0.2, -0.15) is 0 Å². The standard InChI is InChI=1S/C19H37O/c1-3-5-6-7-8-9-10-11-12-13-14-15-16-18-19(20)17-4-2/h17H,3-16,18H2,1-2H3. The van der Waals surface area contributed by atoms with Crippen molar-refractivity contribution in [3.8, 4) is 0 Å². The van der Waals surface area contributed by atoms with Crippen LogP contribution in [0, 0.1) is 6.42 Å². The van der Waals surface area contributed by atoms with Crippen molar-refractivity contribution in [1.82, 2.24) is 0 Å². The number of ketones is 1. The fourth-order valence-electron chi connectivity index (χ4n) is 2.65. The predicted molar refractivity (Wildman–Crippen MR) is 89.9 cm³/mol. The van der Waals surface area contributed by atoms with Gasteiger partial charge in [-0.05, 0) is 12.8 Å². The van der Waals surface area contributed by atoms with Gasteiger partial charge in [0.15, 0.2) is 0 Å². The second kappa shape index (κ2) is 16.7. The lowest BCUT2D eigenvalue weighted by Gasteiger charge is -2.03. The number of rotatable bonds is 16. The summed E-state index contributed by atoms with van der Waals surface area (Å²) in [5, 5.41) is 0. The van der Waals surface area contributed by atoms with E-state index in [4.69, 9.17) is 0 Å². The number of carbonyl (C=O) groups excluding carboxylic acids is 1. The van der Waals surface area contributed by atoms with E-state index in [1.165, 1.54) is 77.0 Å². The summed E-state index contributed by atoms with van der Waals surface area (Å²) in [5.41, 5.74) is 0. The van der Waals surface area contributed by atoms with E-state index in [2.05, 4.69) is 6.92 Å². The van der Waals surface area contributed by atoms with Crippen molar-refractivity contribution >= 4 is 5.78 Å². The van der Waals surface area contributed by atoms with Gasteiger partial charge < -0.3 is 0 Å². The van der Waals surface area contributed by atoms with E-state index >= 15 is 0 Å². The molecule has 0 aromatic heterocycles. The number of unbranched alkanes of at least 4 members (excludes halogenated alkanes) is 12. The molecule has 0 amide bonds. The zero-order valence-corrected chi connectivity index (χ0v) is 14.1. The molecule has 0 N–H and O–H groups in total. The third-order valence-electron chi connectivity index (χ3n) is 3.96. The monoisotopic (exact) mass is 281 g/mol. The van der Waals surface area contributed by atoms with Crippen molar-refractivity contribution in [2.24, 2.45) is 0 Å². The number of Topliss-reactive ketones (excluding diaryl/α,β-unsaturated/α-hetero) is 1. The average Bonchev–Trinajstić information content (AvgIpc) is 2.44. The summed E-state index contributed by atoms with van der Waals surface area (Å²) >= 11 is 0. The molecular formula is C19H37O. The van der Waals surface area contributed by atoms with E-state index in [1.807, 2.05) is 13.3 Å². The van der Waals surface area contributed by atoms with Crippen LogP contribution in [0.2, 0.25) is 0 Å². The van der Waals surface area contributed by atoms with Crippen LogP contribution in [0.1, 0.15) is 110 Å². The van der Waals surface area contributed by atoms with E-state index in [-0.39, 0.29) is 0 Å². The minimum absolute atomic E-state index is 0.343. The molecule has 1 heteroatoms. The van der Waals surface area contributed by atoms with Gasteiger partial charge in [0.25, 0.3) is 0 Å². The Morgan fingerprint density at radius 2 is 1.05 bits per heavy atom. The fourth-order valence-corrected chi connectivity index (χ4v) is 2.65. The second-order valence-corrected chi connectivity index (χ2v) is 6.07. The Labute approximate surface area is 127 Å². The van der Waals surface area contributed by atoms with Gasteiger partial charge >= 0.3 is 0 Å². The van der Waals surface area contributed by atoms with Crippen LogP contribution in [0.4, 0.5) is 0 Å². The maximum atomic E-state index is 11.3. The van der Waals surface area contributed by atoms with Crippen LogP contribution >= 0.6 is 0 Å². The Bertz CT molecular complexity index is 198. The molecule has 20 heavy (non-hydrogen) atoms. The van der Waals surface area contributed by atoms with Crippen molar-refractivity contribution in [3.63, 3.8) is 0 Å². The summed E-state index contributed by atoms with van der Waals surface area (Å²) in [5.74, 6) is 0.343. The van der Waals surface area contributed by atoms with E-state index in [0.717, 1.165) is 19.3 Å². The Balaban J connectivity index is 3.01. The molecule has 0 atom stereocenters. The normalized spacial score (nSPS) is 10.9. The molecule has 0 aromatic carbocycles. The highest BCUT2D eigenvalue weighted by Crippen LogP contribution is 2.13. The van der Waals surface area contributed by atoms with E-state index in [0.29, 0.717) is 5.78 Å². The lowest BCUT2D eigenvalue weighted by atomic mass is 10.0. The van der Waals surface area contributed by atoms with Crippen molar-refractivity contribution in [1.29, 1.82) is 0 Å². The van der Waals surface area contributed by atoms with E-state index in [9.17, 15) is 4.79 Å². The average molecular weight is 282 g/mol. The lowest BCUT2D eigenvalue weighted by molar-refractivity contribution is -0.116. The third kappa shape index (κ3) is 15.7. The van der Waals surface area contributed by atoms with Crippen molar-refractivity contribution < 1.29 is 4.79 Å². The summed E-state index contributed by atoms with van der Waals surface area (Å²) in [4.78, 5) is 11.3. The van der Waals surface area contributed by atoms with Gasteiger partial charge in [-0.3, -0.25) is 4.79 Å². The molecule has 0 saturated heterocycles. The summed E-state index contributed by atoms with van der Waals surface area (Å²) in [6.45, 7) is 4.31. The zero-order chi connectivity index (χ0) is 14.9. The van der Waals surface area contributed by atoms with Gasteiger partial charge in [0.1, 0.15) is 5.78 Å². The maximum Gasteiger partial charge on any atom is 0.136 e. The maximum absolute atomic E-state index is 11.3. The van der Waals surface area contributed by atoms with Crippen LogP contribution in [-0.2, 0) is 4.79 Å². The number of carbonyl (C=O) groups is 1. The van der Waals surface area contributed by atoms with Crippen molar-refractivity contribution in [3.05, 3.63) is 6.42 Å². The van der Waals surface area contributed by atoms with Crippen LogP contribution < -0.4 is 0 Å². The first-order valence-corrected chi connectivity index (χ1v) is 9.17. The first kappa shape index (κ1) is 19.7. The Kier molecular flexibility index (Phi) is 16.4. The Hall–Kier alpha value is -0.330. The highest BCUT2D eigenvalue weighted by atomic mass is 16.1. The molecule has 0 unspecified atom stereocenters. The topological polar surface area (TPSA) is 17.1 Å². The fraction of sp³-hybridized carbons (Fsp3) is 0.895. The molecule has 0 aromatic rings. The zero-order valence-electron chi connectivity index (χ0n) is 14.1. The molecule has 0 aliphatic rings. The lowest BCUT2D eigenvalue weighted by Crippen LogP contribution is -1.97. The number of hydrogen-bond acceptors (Lipinski definition) is 1. The molecule has 0 spiro atoms. The summed E-state index contributed by atoms with van der Waals surface area (Å²) in [7, 11) is 0. The number of hydrogen-bond donors (Lipinski definition) is 0. The van der Waals surface area contributed by atoms with Crippen LogP contribution in [0.25, 0.3) is 0 Å². The predicted octanol–water partition coefficient (Wildman–Crippen LogP) is 6.65. The van der Waals surface area contributed by atoms with Gasteiger partial charge in [0, 0.05) is 12.8 Å². The molecule has 0 aliphatic carbocycles. The molecule has 0 saturated carbocycles. The minimum atomic E-state index is 0.343. The van der Waals surface area contributed by atoms with E-state index < -0.39 is 0 Å².